The molecule has 0 aromatic heterocycles. The van der Waals surface area contributed by atoms with Gasteiger partial charge >= 0.3 is 5.97 Å². The van der Waals surface area contributed by atoms with Gasteiger partial charge in [0.25, 0.3) is 0 Å². The van der Waals surface area contributed by atoms with Gasteiger partial charge in [-0.3, -0.25) is 0 Å². The number of nitrogens with two attached hydrogens (primary N) is 1. The molecule has 0 spiro atoms. The summed E-state index contributed by atoms with van der Waals surface area (Å²) < 4.78 is 4.27. The topological polar surface area (TPSA) is 76.1 Å². The Bertz CT molecular complexity index is 229. The molecule has 0 saturated heterocycles. The molecule has 11 heavy (non-hydrogen) atoms. The molecule has 0 aliphatic carbocycles. The molecule has 0 heterocycles. The second-order valence-corrected chi connectivity index (χ2v) is 1.90. The number of nitrogens with zero attached hydrogens (tertiary/aromatic N) is 1. The zero-order chi connectivity index (χ0) is 8.85. The normalized spacial score (nSPS) is 11.4. The standard InChI is InChI=1S/C6H7ClN2O2/c1-11-6(10)4(3-8)5(9)2-7/h2,9H2,1H3/b5-4+. The highest BCUT2D eigenvalue weighted by Gasteiger charge is 2.12. The number of hydrogen-bond acceptors (Lipinski definition) is 4. The molecule has 5 heteroatoms. The largest absolute Gasteiger partial charge is 0.465 e. The summed E-state index contributed by atoms with van der Waals surface area (Å²) in [5, 5.41) is 8.38. The molecule has 0 aliphatic heterocycles. The van der Waals surface area contributed by atoms with Crippen molar-refractivity contribution >= 4 is 17.6 Å². The molecule has 0 unspecified atom stereocenters. The van der Waals surface area contributed by atoms with Crippen LogP contribution in [0.5, 0.6) is 0 Å². The van der Waals surface area contributed by atoms with Crippen LogP contribution < -0.4 is 5.73 Å². The monoisotopic (exact) mass is 174 g/mol. The van der Waals surface area contributed by atoms with E-state index in [4.69, 9.17) is 22.6 Å². The van der Waals surface area contributed by atoms with Gasteiger partial charge in [0.15, 0.2) is 5.57 Å². The third kappa shape index (κ3) is 2.48. The molecule has 2 N–H and O–H groups in total. The van der Waals surface area contributed by atoms with E-state index in [1.807, 2.05) is 0 Å². The van der Waals surface area contributed by atoms with Gasteiger partial charge in [-0.15, -0.1) is 11.6 Å². The maximum atomic E-state index is 10.7. The van der Waals surface area contributed by atoms with Gasteiger partial charge in [0.05, 0.1) is 13.0 Å². The maximum Gasteiger partial charge on any atom is 0.350 e. The van der Waals surface area contributed by atoms with Gasteiger partial charge < -0.3 is 10.5 Å². The van der Waals surface area contributed by atoms with E-state index in [-0.39, 0.29) is 17.2 Å². The van der Waals surface area contributed by atoms with Gasteiger partial charge in [0.2, 0.25) is 0 Å². The van der Waals surface area contributed by atoms with Gasteiger partial charge in [0, 0.05) is 5.70 Å². The Morgan fingerprint density at radius 1 is 1.82 bits per heavy atom. The van der Waals surface area contributed by atoms with Crippen LogP contribution in [0.25, 0.3) is 0 Å². The number of hydrogen-bond donors (Lipinski definition) is 1. The Hall–Kier alpha value is -1.21. The average molecular weight is 175 g/mol. The minimum Gasteiger partial charge on any atom is -0.465 e. The lowest BCUT2D eigenvalue weighted by molar-refractivity contribution is -0.135. The Labute approximate surface area is 69.2 Å². The van der Waals surface area contributed by atoms with E-state index < -0.39 is 5.97 Å². The molecule has 0 atom stereocenters. The van der Waals surface area contributed by atoms with Crippen LogP contribution in [0.1, 0.15) is 0 Å². The number of carbonyl (C=O) groups is 1. The molecule has 4 nitrogen and oxygen atoms in total. The lowest BCUT2D eigenvalue weighted by atomic mass is 10.2. The lowest BCUT2D eigenvalue weighted by Crippen LogP contribution is -2.12. The van der Waals surface area contributed by atoms with E-state index in [1.165, 1.54) is 7.11 Å². The number of rotatable bonds is 2. The van der Waals surface area contributed by atoms with Crippen molar-refractivity contribution in [3.05, 3.63) is 11.3 Å². The van der Waals surface area contributed by atoms with Gasteiger partial charge in [-0.25, -0.2) is 4.79 Å². The molecule has 0 rings (SSSR count). The van der Waals surface area contributed by atoms with Gasteiger partial charge in [-0.1, -0.05) is 0 Å². The van der Waals surface area contributed by atoms with Gasteiger partial charge in [0.1, 0.15) is 6.07 Å². The second-order valence-electron chi connectivity index (χ2n) is 1.64. The van der Waals surface area contributed by atoms with Crippen LogP contribution in [0.3, 0.4) is 0 Å². The molecule has 0 fully saturated rings. The number of halogens is 1. The number of alkyl halides is 1. The van der Waals surface area contributed by atoms with Gasteiger partial charge in [-0.2, -0.15) is 5.26 Å². The fourth-order valence-corrected chi connectivity index (χ4v) is 0.551. The molecule has 0 radical (unpaired) electrons. The van der Waals surface area contributed by atoms with Crippen molar-refractivity contribution in [2.75, 3.05) is 13.0 Å². The third-order valence-corrected chi connectivity index (χ3v) is 1.25. The molecule has 0 aliphatic rings. The summed E-state index contributed by atoms with van der Waals surface area (Å²) in [6, 6.07) is 1.60. The van der Waals surface area contributed by atoms with Crippen LogP contribution in [0.15, 0.2) is 11.3 Å². The van der Waals surface area contributed by atoms with Crippen molar-refractivity contribution in [3.8, 4) is 6.07 Å². The fraction of sp³-hybridized carbons (Fsp3) is 0.333. The third-order valence-electron chi connectivity index (χ3n) is 0.966. The van der Waals surface area contributed by atoms with Crippen LogP contribution in [0.2, 0.25) is 0 Å². The van der Waals surface area contributed by atoms with Crippen molar-refractivity contribution < 1.29 is 9.53 Å². The second kappa shape index (κ2) is 4.58. The van der Waals surface area contributed by atoms with Crippen molar-refractivity contribution in [2.45, 2.75) is 0 Å². The number of carbonyl (C=O) groups excluding carboxylic acids is 1. The minimum atomic E-state index is -0.759. The van der Waals surface area contributed by atoms with E-state index >= 15 is 0 Å². The van der Waals surface area contributed by atoms with Crippen LogP contribution in [-0.4, -0.2) is 19.0 Å². The van der Waals surface area contributed by atoms with Gasteiger partial charge in [-0.05, 0) is 0 Å². The van der Waals surface area contributed by atoms with E-state index in [2.05, 4.69) is 4.74 Å². The average Bonchev–Trinajstić information content (AvgIpc) is 2.05. The molecule has 0 amide bonds. The number of nitriles is 1. The van der Waals surface area contributed by atoms with Crippen LogP contribution in [0, 0.1) is 11.3 Å². The molecule has 0 aromatic carbocycles. The Balaban J connectivity index is 4.69. The number of ether oxygens (including phenoxy) is 1. The Morgan fingerprint density at radius 2 is 2.36 bits per heavy atom. The molecule has 0 aromatic rings. The quantitative estimate of drug-likeness (QED) is 0.280. The number of allylic oxidation sites excluding steroid dienone is 1. The highest BCUT2D eigenvalue weighted by atomic mass is 35.5. The first-order chi connectivity index (χ1) is 5.17. The van der Waals surface area contributed by atoms with Crippen LogP contribution >= 0.6 is 11.6 Å². The molecular formula is C6H7ClN2O2. The lowest BCUT2D eigenvalue weighted by Gasteiger charge is -1.98. The molecule has 0 bridgehead atoms. The maximum absolute atomic E-state index is 10.7. The number of methoxy groups -OCH3 is 1. The van der Waals surface area contributed by atoms with Crippen LogP contribution in [0.4, 0.5) is 0 Å². The van der Waals surface area contributed by atoms with Crippen molar-refractivity contribution in [1.82, 2.24) is 0 Å². The fourth-order valence-electron chi connectivity index (χ4n) is 0.417. The van der Waals surface area contributed by atoms with E-state index in [1.54, 1.807) is 6.07 Å². The minimum absolute atomic E-state index is 0.0287. The highest BCUT2D eigenvalue weighted by molar-refractivity contribution is 6.19. The zero-order valence-corrected chi connectivity index (χ0v) is 6.68. The summed E-state index contributed by atoms with van der Waals surface area (Å²) in [6.07, 6.45) is 0. The Morgan fingerprint density at radius 3 is 2.64 bits per heavy atom. The predicted molar refractivity (Wildman–Crippen MR) is 39.6 cm³/mol. The van der Waals surface area contributed by atoms with E-state index in [9.17, 15) is 4.79 Å². The number of esters is 1. The summed E-state index contributed by atoms with van der Waals surface area (Å²) >= 11 is 5.28. The first-order valence-electron chi connectivity index (χ1n) is 2.70. The molecular weight excluding hydrogens is 168 g/mol. The summed E-state index contributed by atoms with van der Waals surface area (Å²) in [7, 11) is 1.17. The van der Waals surface area contributed by atoms with E-state index in [0.717, 1.165) is 0 Å². The molecule has 60 valence electrons. The summed E-state index contributed by atoms with van der Waals surface area (Å²) in [5.41, 5.74) is 5.02. The Kier molecular flexibility index (Phi) is 4.08. The zero-order valence-electron chi connectivity index (χ0n) is 5.93. The summed E-state index contributed by atoms with van der Waals surface area (Å²) in [4.78, 5) is 10.7. The first-order valence-corrected chi connectivity index (χ1v) is 3.23. The smallest absolute Gasteiger partial charge is 0.350 e. The van der Waals surface area contributed by atoms with Crippen molar-refractivity contribution in [2.24, 2.45) is 5.73 Å². The first kappa shape index (κ1) is 9.79. The molecule has 0 saturated carbocycles. The highest BCUT2D eigenvalue weighted by Crippen LogP contribution is 2.01. The summed E-state index contributed by atoms with van der Waals surface area (Å²) in [6.45, 7) is 0. The predicted octanol–water partition coefficient (Wildman–Crippen LogP) is 0.135. The van der Waals surface area contributed by atoms with Crippen molar-refractivity contribution in [1.29, 1.82) is 5.26 Å². The van der Waals surface area contributed by atoms with Crippen molar-refractivity contribution in [3.63, 3.8) is 0 Å². The van der Waals surface area contributed by atoms with E-state index in [0.29, 0.717) is 0 Å². The SMILES string of the molecule is COC(=O)/C(C#N)=C(/N)CCl. The van der Waals surface area contributed by atoms with Crippen LogP contribution in [-0.2, 0) is 9.53 Å². The summed E-state index contributed by atoms with van der Waals surface area (Å²) in [5.74, 6) is -0.816.